The summed E-state index contributed by atoms with van der Waals surface area (Å²) in [4.78, 5) is 28.9. The average Bonchev–Trinajstić information content (AvgIpc) is 3.70. The third-order valence-electron chi connectivity index (χ3n) is 6.38. The van der Waals surface area contributed by atoms with Crippen molar-refractivity contribution in [1.82, 2.24) is 24.4 Å². The van der Waals surface area contributed by atoms with Crippen LogP contribution in [0.1, 0.15) is 30.3 Å². The van der Waals surface area contributed by atoms with E-state index < -0.39 is 4.92 Å². The van der Waals surface area contributed by atoms with Crippen LogP contribution >= 0.6 is 11.3 Å². The van der Waals surface area contributed by atoms with Gasteiger partial charge in [-0.2, -0.15) is 14.6 Å². The van der Waals surface area contributed by atoms with E-state index in [9.17, 15) is 14.9 Å². The second-order valence-corrected chi connectivity index (χ2v) is 10.4. The van der Waals surface area contributed by atoms with Gasteiger partial charge in [0.05, 0.1) is 27.4 Å². The molecule has 208 valence electrons. The third kappa shape index (κ3) is 5.58. The molecule has 0 radical (unpaired) electrons. The van der Waals surface area contributed by atoms with Gasteiger partial charge in [-0.1, -0.05) is 66.8 Å². The number of benzene rings is 3. The zero-order valence-corrected chi connectivity index (χ0v) is 23.3. The Balaban J connectivity index is 1.32. The molecule has 0 bridgehead atoms. The maximum atomic E-state index is 13.3. The number of thiazole rings is 1. The van der Waals surface area contributed by atoms with E-state index in [0.717, 1.165) is 23.3 Å². The number of non-ortho nitro benzene ring substituents is 1. The van der Waals surface area contributed by atoms with Gasteiger partial charge in [0.15, 0.2) is 5.82 Å². The van der Waals surface area contributed by atoms with Crippen molar-refractivity contribution in [1.29, 1.82) is 0 Å². The van der Waals surface area contributed by atoms with E-state index in [2.05, 4.69) is 17.0 Å². The van der Waals surface area contributed by atoms with Gasteiger partial charge < -0.3 is 4.74 Å². The highest BCUT2D eigenvalue weighted by atomic mass is 32.1. The van der Waals surface area contributed by atoms with Crippen LogP contribution in [-0.4, -0.2) is 35.9 Å². The molecular weight excluding hydrogens is 552 g/mol. The summed E-state index contributed by atoms with van der Waals surface area (Å²) in [6.07, 6.45) is 8.18. The first-order chi connectivity index (χ1) is 20.5. The Morgan fingerprint density at radius 3 is 2.43 bits per heavy atom. The molecule has 3 heterocycles. The number of hydrogen-bond donors (Lipinski definition) is 0. The molecule has 0 amide bonds. The Bertz CT molecular complexity index is 2010. The normalized spacial score (nSPS) is 12.0. The summed E-state index contributed by atoms with van der Waals surface area (Å²) < 4.78 is 9.03. The van der Waals surface area contributed by atoms with Crippen LogP contribution in [0.5, 0.6) is 5.75 Å². The van der Waals surface area contributed by atoms with Gasteiger partial charge >= 0.3 is 0 Å². The lowest BCUT2D eigenvalue weighted by Gasteiger charge is -2.03. The predicted octanol–water partition coefficient (Wildman–Crippen LogP) is 5.42. The number of rotatable bonds is 9. The molecule has 0 aliphatic rings. The number of nitro groups is 1. The van der Waals surface area contributed by atoms with E-state index in [1.54, 1.807) is 35.2 Å². The molecular formula is C31H24N6O4S. The molecule has 10 nitrogen and oxygen atoms in total. The van der Waals surface area contributed by atoms with Gasteiger partial charge in [-0.15, -0.1) is 5.10 Å². The van der Waals surface area contributed by atoms with E-state index in [1.807, 2.05) is 60.7 Å². The first-order valence-corrected chi connectivity index (χ1v) is 14.0. The van der Waals surface area contributed by atoms with Crippen molar-refractivity contribution in [3.05, 3.63) is 127 Å². The fourth-order valence-electron chi connectivity index (χ4n) is 4.30. The maximum absolute atomic E-state index is 13.3. The van der Waals surface area contributed by atoms with Crippen molar-refractivity contribution in [3.8, 4) is 22.7 Å². The van der Waals surface area contributed by atoms with Gasteiger partial charge in [-0.25, -0.2) is 4.68 Å². The largest absolute Gasteiger partial charge is 0.494 e. The Kier molecular flexibility index (Phi) is 7.39. The zero-order valence-electron chi connectivity index (χ0n) is 22.5. The second-order valence-electron chi connectivity index (χ2n) is 9.35. The van der Waals surface area contributed by atoms with Crippen LogP contribution in [0.25, 0.3) is 40.1 Å². The topological polar surface area (TPSA) is 117 Å². The number of nitrogens with zero attached hydrogens (tertiary/aromatic N) is 6. The number of ether oxygens (including phenoxy) is 1. The molecule has 6 rings (SSSR count). The molecule has 0 aliphatic heterocycles. The van der Waals surface area contributed by atoms with E-state index in [-0.39, 0.29) is 11.2 Å². The van der Waals surface area contributed by atoms with Gasteiger partial charge in [0.1, 0.15) is 5.75 Å². The monoisotopic (exact) mass is 576 g/mol. The first-order valence-electron chi connectivity index (χ1n) is 13.2. The number of aromatic nitrogens is 5. The molecule has 3 aromatic carbocycles. The minimum absolute atomic E-state index is 0.00414. The quantitative estimate of drug-likeness (QED) is 0.167. The standard InChI is InChI=1S/C31H24N6O4S/c1-2-18-41-26-15-8-21(9-16-26)10-17-28-32-31-36(33-28)30(38)27(42-31)19-23-20-35(24-11-13-25(14-12-24)37(39)40)34-29(23)22-6-4-3-5-7-22/h3-17,19-20H,2,18H2,1H3/b17-10+,27-19-. The predicted molar refractivity (Wildman–Crippen MR) is 163 cm³/mol. The van der Waals surface area contributed by atoms with E-state index in [0.29, 0.717) is 38.9 Å². The zero-order chi connectivity index (χ0) is 29.1. The fraction of sp³-hybridized carbons (Fsp3) is 0.0968. The number of nitro benzene ring substituents is 1. The van der Waals surface area contributed by atoms with Crippen LogP contribution in [0.4, 0.5) is 5.69 Å². The Hall–Kier alpha value is -5.42. The van der Waals surface area contributed by atoms with Crippen LogP contribution in [0.3, 0.4) is 0 Å². The molecule has 0 aliphatic carbocycles. The van der Waals surface area contributed by atoms with Crippen molar-refractivity contribution in [3.63, 3.8) is 0 Å². The van der Waals surface area contributed by atoms with Gasteiger partial charge in [0, 0.05) is 29.5 Å². The maximum Gasteiger partial charge on any atom is 0.291 e. The molecule has 0 unspecified atom stereocenters. The molecule has 0 atom stereocenters. The van der Waals surface area contributed by atoms with Crippen molar-refractivity contribution >= 4 is 40.2 Å². The molecule has 11 heteroatoms. The summed E-state index contributed by atoms with van der Waals surface area (Å²) in [5.74, 6) is 1.26. The number of hydrogen-bond acceptors (Lipinski definition) is 8. The lowest BCUT2D eigenvalue weighted by Crippen LogP contribution is -2.23. The smallest absolute Gasteiger partial charge is 0.291 e. The van der Waals surface area contributed by atoms with Crippen LogP contribution < -0.4 is 14.8 Å². The Labute approximate surface area is 243 Å². The summed E-state index contributed by atoms with van der Waals surface area (Å²) in [6.45, 7) is 2.74. The summed E-state index contributed by atoms with van der Waals surface area (Å²) in [5.41, 5.74) is 3.59. The van der Waals surface area contributed by atoms with Gasteiger partial charge in [0.2, 0.25) is 4.96 Å². The van der Waals surface area contributed by atoms with Crippen LogP contribution in [0.2, 0.25) is 0 Å². The van der Waals surface area contributed by atoms with E-state index in [4.69, 9.17) is 9.84 Å². The summed E-state index contributed by atoms with van der Waals surface area (Å²) in [7, 11) is 0. The number of fused-ring (bicyclic) bond motifs is 1. The lowest BCUT2D eigenvalue weighted by molar-refractivity contribution is -0.384. The third-order valence-corrected chi connectivity index (χ3v) is 7.34. The van der Waals surface area contributed by atoms with Gasteiger partial charge in [-0.05, 0) is 48.4 Å². The molecule has 0 spiro atoms. The molecule has 0 saturated heterocycles. The van der Waals surface area contributed by atoms with Crippen molar-refractivity contribution in [2.45, 2.75) is 13.3 Å². The fourth-order valence-corrected chi connectivity index (χ4v) is 5.20. The highest BCUT2D eigenvalue weighted by molar-refractivity contribution is 7.15. The van der Waals surface area contributed by atoms with Crippen LogP contribution in [0.15, 0.2) is 89.9 Å². The highest BCUT2D eigenvalue weighted by Crippen LogP contribution is 2.25. The Morgan fingerprint density at radius 2 is 1.74 bits per heavy atom. The molecule has 0 fully saturated rings. The second kappa shape index (κ2) is 11.6. The lowest BCUT2D eigenvalue weighted by atomic mass is 10.1. The van der Waals surface area contributed by atoms with E-state index >= 15 is 0 Å². The first kappa shape index (κ1) is 26.8. The summed E-state index contributed by atoms with van der Waals surface area (Å²) >= 11 is 1.24. The molecule has 3 aromatic heterocycles. The van der Waals surface area contributed by atoms with Gasteiger partial charge in [-0.3, -0.25) is 14.9 Å². The van der Waals surface area contributed by atoms with Crippen LogP contribution in [0, 0.1) is 10.1 Å². The molecule has 6 aromatic rings. The minimum atomic E-state index is -0.444. The summed E-state index contributed by atoms with van der Waals surface area (Å²) in [6, 6.07) is 23.5. The molecule has 0 N–H and O–H groups in total. The van der Waals surface area contributed by atoms with E-state index in [1.165, 1.54) is 28.0 Å². The average molecular weight is 577 g/mol. The van der Waals surface area contributed by atoms with Crippen molar-refractivity contribution in [2.24, 2.45) is 0 Å². The molecule has 0 saturated carbocycles. The van der Waals surface area contributed by atoms with Crippen molar-refractivity contribution < 1.29 is 9.66 Å². The van der Waals surface area contributed by atoms with Crippen LogP contribution in [-0.2, 0) is 0 Å². The minimum Gasteiger partial charge on any atom is -0.494 e. The molecule has 42 heavy (non-hydrogen) atoms. The van der Waals surface area contributed by atoms with Crippen molar-refractivity contribution in [2.75, 3.05) is 6.61 Å². The highest BCUT2D eigenvalue weighted by Gasteiger charge is 2.14. The SMILES string of the molecule is CCCOc1ccc(/C=C/c2nc3s/c(=C\c4cn(-c5ccc([N+](=O)[O-])cc5)nc4-c4ccccc4)c(=O)n3n2)cc1. The Morgan fingerprint density at radius 1 is 0.976 bits per heavy atom. The van der Waals surface area contributed by atoms with Gasteiger partial charge in [0.25, 0.3) is 11.2 Å². The summed E-state index contributed by atoms with van der Waals surface area (Å²) in [5, 5.41) is 20.2.